The fourth-order valence-electron chi connectivity index (χ4n) is 3.14. The van der Waals surface area contributed by atoms with Crippen molar-refractivity contribution in [3.8, 4) is 0 Å². The highest BCUT2D eigenvalue weighted by molar-refractivity contribution is 9.09. The highest BCUT2D eigenvalue weighted by Gasteiger charge is 2.21. The molecule has 140 valence electrons. The number of aryl methyl sites for hydroxylation is 1. The molecule has 1 heterocycles. The minimum Gasteiger partial charge on any atom is -0.459 e. The molecule has 0 saturated carbocycles. The van der Waals surface area contributed by atoms with Crippen molar-refractivity contribution in [3.05, 3.63) is 47.5 Å². The number of fused-ring (bicyclic) bond motifs is 3. The Labute approximate surface area is 165 Å². The number of hydrogen-bond donors (Lipinski definition) is 0. The normalized spacial score (nSPS) is 12.3. The standard InChI is InChI=1S/C21H20BrNO4/c1-3-15(22)12-27-21(26)20(25)14-6-8-19-17(10-14)16-9-13(11-24)5-7-18(16)23(19)4-2/h5-11,15H,3-4,12H2,1-2H3. The fourth-order valence-corrected chi connectivity index (χ4v) is 3.28. The van der Waals surface area contributed by atoms with Gasteiger partial charge in [0.25, 0.3) is 5.78 Å². The molecule has 1 atom stereocenters. The van der Waals surface area contributed by atoms with E-state index in [0.717, 1.165) is 41.1 Å². The number of ether oxygens (including phenoxy) is 1. The molecule has 3 aromatic rings. The zero-order valence-electron chi connectivity index (χ0n) is 15.2. The summed E-state index contributed by atoms with van der Waals surface area (Å²) >= 11 is 3.37. The molecule has 0 bridgehead atoms. The summed E-state index contributed by atoms with van der Waals surface area (Å²) in [4.78, 5) is 35.7. The van der Waals surface area contributed by atoms with Crippen molar-refractivity contribution in [2.75, 3.05) is 6.61 Å². The lowest BCUT2D eigenvalue weighted by Gasteiger charge is -2.08. The molecular formula is C21H20BrNO4. The summed E-state index contributed by atoms with van der Waals surface area (Å²) in [5.41, 5.74) is 2.78. The van der Waals surface area contributed by atoms with Crippen LogP contribution in [0.5, 0.6) is 0 Å². The Morgan fingerprint density at radius 2 is 1.78 bits per heavy atom. The Bertz CT molecular complexity index is 1040. The number of halogens is 1. The molecule has 6 heteroatoms. The van der Waals surface area contributed by atoms with Gasteiger partial charge in [-0.1, -0.05) is 22.9 Å². The summed E-state index contributed by atoms with van der Waals surface area (Å²) in [7, 11) is 0. The van der Waals surface area contributed by atoms with Crippen molar-refractivity contribution >= 4 is 55.8 Å². The number of aldehydes is 1. The van der Waals surface area contributed by atoms with Gasteiger partial charge in [-0.3, -0.25) is 9.59 Å². The molecule has 1 unspecified atom stereocenters. The maximum atomic E-state index is 12.5. The van der Waals surface area contributed by atoms with Crippen LogP contribution in [-0.4, -0.2) is 34.0 Å². The van der Waals surface area contributed by atoms with Crippen LogP contribution in [0.3, 0.4) is 0 Å². The van der Waals surface area contributed by atoms with E-state index in [-0.39, 0.29) is 17.0 Å². The van der Waals surface area contributed by atoms with Gasteiger partial charge in [-0.25, -0.2) is 4.79 Å². The van der Waals surface area contributed by atoms with E-state index in [0.29, 0.717) is 5.56 Å². The van der Waals surface area contributed by atoms with Gasteiger partial charge in [0.2, 0.25) is 0 Å². The van der Waals surface area contributed by atoms with Crippen LogP contribution < -0.4 is 0 Å². The second kappa shape index (κ2) is 8.05. The maximum Gasteiger partial charge on any atom is 0.379 e. The lowest BCUT2D eigenvalue weighted by Crippen LogP contribution is -2.21. The molecule has 0 N–H and O–H groups in total. The predicted octanol–water partition coefficient (Wildman–Crippen LogP) is 4.53. The molecule has 3 rings (SSSR count). The van der Waals surface area contributed by atoms with Gasteiger partial charge in [-0.2, -0.15) is 0 Å². The van der Waals surface area contributed by atoms with Crippen LogP contribution in [-0.2, 0) is 16.1 Å². The van der Waals surface area contributed by atoms with E-state index < -0.39 is 11.8 Å². The lowest BCUT2D eigenvalue weighted by molar-refractivity contribution is -0.138. The van der Waals surface area contributed by atoms with Crippen LogP contribution in [0, 0.1) is 0 Å². The number of alkyl halides is 1. The van der Waals surface area contributed by atoms with Crippen LogP contribution in [0.2, 0.25) is 0 Å². The first-order chi connectivity index (χ1) is 13.0. The molecule has 0 aliphatic heterocycles. The van der Waals surface area contributed by atoms with Crippen LogP contribution in [0.1, 0.15) is 41.0 Å². The van der Waals surface area contributed by atoms with E-state index >= 15 is 0 Å². The molecule has 5 nitrogen and oxygen atoms in total. The first-order valence-corrected chi connectivity index (χ1v) is 9.78. The highest BCUT2D eigenvalue weighted by atomic mass is 79.9. The Hall–Kier alpha value is -2.47. The largest absolute Gasteiger partial charge is 0.459 e. The number of ketones is 1. The molecule has 0 saturated heterocycles. The van der Waals surface area contributed by atoms with Crippen LogP contribution in [0.4, 0.5) is 0 Å². The SMILES string of the molecule is CCC(Br)COC(=O)C(=O)c1ccc2c(c1)c1cc(C=O)ccc1n2CC. The second-order valence-corrected chi connectivity index (χ2v) is 7.60. The molecule has 0 amide bonds. The molecule has 0 aliphatic carbocycles. The first-order valence-electron chi connectivity index (χ1n) is 8.86. The predicted molar refractivity (Wildman–Crippen MR) is 109 cm³/mol. The zero-order valence-corrected chi connectivity index (χ0v) is 16.8. The average Bonchev–Trinajstić information content (AvgIpc) is 3.02. The lowest BCUT2D eigenvalue weighted by atomic mass is 10.1. The number of rotatable bonds is 7. The molecular weight excluding hydrogens is 410 g/mol. The average molecular weight is 430 g/mol. The number of hydrogen-bond acceptors (Lipinski definition) is 4. The summed E-state index contributed by atoms with van der Waals surface area (Å²) in [5, 5.41) is 1.71. The van der Waals surface area contributed by atoms with Crippen molar-refractivity contribution in [3.63, 3.8) is 0 Å². The molecule has 0 aliphatic rings. The molecule has 27 heavy (non-hydrogen) atoms. The Balaban J connectivity index is 2.03. The zero-order chi connectivity index (χ0) is 19.6. The van der Waals surface area contributed by atoms with Gasteiger partial charge < -0.3 is 9.30 Å². The summed E-state index contributed by atoms with van der Waals surface area (Å²) in [5.74, 6) is -1.53. The number of esters is 1. The van der Waals surface area contributed by atoms with Crippen molar-refractivity contribution in [1.82, 2.24) is 4.57 Å². The number of aromatic nitrogens is 1. The minimum atomic E-state index is -0.861. The van der Waals surface area contributed by atoms with E-state index in [1.807, 2.05) is 26.0 Å². The van der Waals surface area contributed by atoms with Crippen LogP contribution in [0.15, 0.2) is 36.4 Å². The van der Waals surface area contributed by atoms with Crippen molar-refractivity contribution < 1.29 is 19.1 Å². The van der Waals surface area contributed by atoms with E-state index in [9.17, 15) is 14.4 Å². The van der Waals surface area contributed by atoms with Gasteiger partial charge in [0.05, 0.1) is 0 Å². The third-order valence-electron chi connectivity index (χ3n) is 4.63. The number of nitrogens with zero attached hydrogens (tertiary/aromatic N) is 1. The third-order valence-corrected chi connectivity index (χ3v) is 5.54. The fraction of sp³-hybridized carbons (Fsp3) is 0.286. The summed E-state index contributed by atoms with van der Waals surface area (Å²) < 4.78 is 7.20. The van der Waals surface area contributed by atoms with Gasteiger partial charge in [0, 0.05) is 44.3 Å². The van der Waals surface area contributed by atoms with E-state index in [4.69, 9.17) is 4.74 Å². The molecule has 2 aromatic carbocycles. The van der Waals surface area contributed by atoms with Gasteiger partial charge in [-0.05, 0) is 49.7 Å². The van der Waals surface area contributed by atoms with Gasteiger partial charge in [0.15, 0.2) is 0 Å². The molecule has 1 aromatic heterocycles. The number of carbonyl (C=O) groups is 3. The Morgan fingerprint density at radius 1 is 1.11 bits per heavy atom. The minimum absolute atomic E-state index is 0.0287. The maximum absolute atomic E-state index is 12.5. The Kier molecular flexibility index (Phi) is 5.75. The quantitative estimate of drug-likeness (QED) is 0.182. The third kappa shape index (κ3) is 3.67. The smallest absolute Gasteiger partial charge is 0.379 e. The molecule has 0 fully saturated rings. The number of benzene rings is 2. The molecule has 0 radical (unpaired) electrons. The van der Waals surface area contributed by atoms with Gasteiger partial charge in [0.1, 0.15) is 12.9 Å². The van der Waals surface area contributed by atoms with Gasteiger partial charge in [-0.15, -0.1) is 0 Å². The van der Waals surface area contributed by atoms with E-state index in [2.05, 4.69) is 20.5 Å². The monoisotopic (exact) mass is 429 g/mol. The van der Waals surface area contributed by atoms with Crippen molar-refractivity contribution in [2.24, 2.45) is 0 Å². The van der Waals surface area contributed by atoms with Crippen LogP contribution >= 0.6 is 15.9 Å². The summed E-state index contributed by atoms with van der Waals surface area (Å²) in [6.07, 6.45) is 1.59. The first kappa shape index (κ1) is 19.3. The summed E-state index contributed by atoms with van der Waals surface area (Å²) in [6.45, 7) is 4.90. The summed E-state index contributed by atoms with van der Waals surface area (Å²) in [6, 6.07) is 10.7. The van der Waals surface area contributed by atoms with Crippen LogP contribution in [0.25, 0.3) is 21.8 Å². The number of Topliss-reactive ketones (excluding diaryl/α,β-unsaturated/α-hetero) is 1. The van der Waals surface area contributed by atoms with Crippen molar-refractivity contribution in [1.29, 1.82) is 0 Å². The topological polar surface area (TPSA) is 65.4 Å². The van der Waals surface area contributed by atoms with Crippen molar-refractivity contribution in [2.45, 2.75) is 31.6 Å². The Morgan fingerprint density at radius 3 is 2.41 bits per heavy atom. The number of carbonyl (C=O) groups excluding carboxylic acids is 3. The molecule has 0 spiro atoms. The second-order valence-electron chi connectivity index (χ2n) is 6.30. The van der Waals surface area contributed by atoms with Gasteiger partial charge >= 0.3 is 5.97 Å². The van der Waals surface area contributed by atoms with E-state index in [1.165, 1.54) is 0 Å². The van der Waals surface area contributed by atoms with E-state index in [1.54, 1.807) is 24.3 Å². The highest BCUT2D eigenvalue weighted by Crippen LogP contribution is 2.30.